The number of hydrogen-bond acceptors (Lipinski definition) is 6. The molecule has 0 bridgehead atoms. The van der Waals surface area contributed by atoms with Crippen LogP contribution in [0.3, 0.4) is 0 Å². The summed E-state index contributed by atoms with van der Waals surface area (Å²) >= 11 is 0. The van der Waals surface area contributed by atoms with Gasteiger partial charge in [-0.15, -0.1) is 0 Å². The van der Waals surface area contributed by atoms with Gasteiger partial charge in [0.05, 0.1) is 11.0 Å². The van der Waals surface area contributed by atoms with Gasteiger partial charge in [-0.3, -0.25) is 4.79 Å². The molecule has 1 atom stereocenters. The fraction of sp³-hybridized carbons (Fsp3) is 0.429. The molecule has 184 valence electrons. The molecule has 36 heavy (non-hydrogen) atoms. The number of carbonyl (C=O) groups is 1. The quantitative estimate of drug-likeness (QED) is 0.393. The Kier molecular flexibility index (Phi) is 5.17. The van der Waals surface area contributed by atoms with Crippen LogP contribution in [-0.4, -0.2) is 35.4 Å². The Balaban J connectivity index is 1.44. The molecule has 1 unspecified atom stereocenters. The first-order chi connectivity index (χ1) is 17.3. The van der Waals surface area contributed by atoms with Crippen LogP contribution in [0.2, 0.25) is 0 Å². The number of aryl methyl sites for hydroxylation is 2. The smallest absolute Gasteiger partial charge is 0.234 e. The second kappa shape index (κ2) is 8.18. The summed E-state index contributed by atoms with van der Waals surface area (Å²) in [6, 6.07) is 6.13. The molecule has 1 saturated carbocycles. The molecule has 1 aromatic carbocycles. The van der Waals surface area contributed by atoms with Crippen LogP contribution >= 0.6 is 0 Å². The molecule has 0 spiro atoms. The van der Waals surface area contributed by atoms with Crippen LogP contribution in [0.15, 0.2) is 36.9 Å². The third-order valence-corrected chi connectivity index (χ3v) is 8.31. The molecule has 1 amide bonds. The highest BCUT2D eigenvalue weighted by Gasteiger charge is 2.44. The lowest BCUT2D eigenvalue weighted by Gasteiger charge is -2.40. The van der Waals surface area contributed by atoms with Gasteiger partial charge in [-0.2, -0.15) is 0 Å². The fourth-order valence-electron chi connectivity index (χ4n) is 5.65. The van der Waals surface area contributed by atoms with E-state index >= 15 is 0 Å². The second-order valence-electron chi connectivity index (χ2n) is 10.8. The summed E-state index contributed by atoms with van der Waals surface area (Å²) in [6.45, 7) is 9.07. The van der Waals surface area contributed by atoms with Crippen molar-refractivity contribution in [2.24, 2.45) is 5.41 Å². The van der Waals surface area contributed by atoms with Crippen LogP contribution < -0.4 is 5.32 Å². The SMILES string of the molecule is CCn1c(-c2cnc(C)nc2)nc2c(-c3ccc4c(c3)C(C)(CCC3(C)CCC3)C(=O)N4)ncnc21. The predicted octanol–water partition coefficient (Wildman–Crippen LogP) is 5.46. The van der Waals surface area contributed by atoms with E-state index in [2.05, 4.69) is 56.7 Å². The fourth-order valence-corrected chi connectivity index (χ4v) is 5.65. The topological polar surface area (TPSA) is 98.5 Å². The monoisotopic (exact) mass is 481 g/mol. The van der Waals surface area contributed by atoms with Gasteiger partial charge in [0.2, 0.25) is 5.91 Å². The number of fused-ring (bicyclic) bond motifs is 2. The van der Waals surface area contributed by atoms with E-state index in [1.54, 1.807) is 18.7 Å². The lowest BCUT2D eigenvalue weighted by atomic mass is 9.64. The van der Waals surface area contributed by atoms with Crippen molar-refractivity contribution in [2.75, 3.05) is 5.32 Å². The molecule has 8 nitrogen and oxygen atoms in total. The Morgan fingerprint density at radius 1 is 1.03 bits per heavy atom. The highest BCUT2D eigenvalue weighted by Crippen LogP contribution is 2.49. The van der Waals surface area contributed by atoms with E-state index in [0.29, 0.717) is 17.8 Å². The number of imidazole rings is 1. The maximum atomic E-state index is 13.1. The minimum absolute atomic E-state index is 0.0855. The number of nitrogens with one attached hydrogen (secondary N) is 1. The van der Waals surface area contributed by atoms with E-state index in [-0.39, 0.29) is 5.91 Å². The highest BCUT2D eigenvalue weighted by molar-refractivity contribution is 6.06. The van der Waals surface area contributed by atoms with E-state index in [1.165, 1.54) is 19.3 Å². The van der Waals surface area contributed by atoms with Crippen LogP contribution in [0.5, 0.6) is 0 Å². The van der Waals surface area contributed by atoms with E-state index < -0.39 is 5.41 Å². The van der Waals surface area contributed by atoms with Crippen molar-refractivity contribution < 1.29 is 4.79 Å². The molecular formula is C28H31N7O. The van der Waals surface area contributed by atoms with Gasteiger partial charge in [-0.25, -0.2) is 24.9 Å². The average molecular weight is 482 g/mol. The molecule has 0 radical (unpaired) electrons. The Morgan fingerprint density at radius 3 is 2.50 bits per heavy atom. The highest BCUT2D eigenvalue weighted by atomic mass is 16.2. The van der Waals surface area contributed by atoms with Gasteiger partial charge in [-0.05, 0) is 69.6 Å². The molecule has 3 aromatic heterocycles. The molecule has 0 saturated heterocycles. The molecule has 2 aliphatic rings. The largest absolute Gasteiger partial charge is 0.325 e. The van der Waals surface area contributed by atoms with Crippen molar-refractivity contribution in [2.45, 2.75) is 71.8 Å². The van der Waals surface area contributed by atoms with Gasteiger partial charge in [-0.1, -0.05) is 19.4 Å². The summed E-state index contributed by atoms with van der Waals surface area (Å²) in [5.74, 6) is 1.57. The zero-order chi connectivity index (χ0) is 25.1. The average Bonchev–Trinajstić information content (AvgIpc) is 3.36. The van der Waals surface area contributed by atoms with Crippen LogP contribution in [0.25, 0.3) is 33.8 Å². The zero-order valence-electron chi connectivity index (χ0n) is 21.3. The van der Waals surface area contributed by atoms with Gasteiger partial charge in [0.15, 0.2) is 5.65 Å². The van der Waals surface area contributed by atoms with Crippen LogP contribution in [-0.2, 0) is 16.8 Å². The van der Waals surface area contributed by atoms with Gasteiger partial charge in [0.25, 0.3) is 0 Å². The molecule has 4 aromatic rings. The van der Waals surface area contributed by atoms with Crippen molar-refractivity contribution in [3.05, 3.63) is 48.3 Å². The van der Waals surface area contributed by atoms with Gasteiger partial charge in [0, 0.05) is 30.2 Å². The third kappa shape index (κ3) is 3.50. The molecule has 6 rings (SSSR count). The number of aromatic nitrogens is 6. The van der Waals surface area contributed by atoms with Crippen LogP contribution in [0.1, 0.15) is 64.3 Å². The second-order valence-corrected chi connectivity index (χ2v) is 10.8. The lowest BCUT2D eigenvalue weighted by Crippen LogP contribution is -2.34. The van der Waals surface area contributed by atoms with Crippen LogP contribution in [0, 0.1) is 12.3 Å². The molecule has 1 aliphatic carbocycles. The Morgan fingerprint density at radius 2 is 1.81 bits per heavy atom. The molecule has 4 heterocycles. The number of amides is 1. The summed E-state index contributed by atoms with van der Waals surface area (Å²) in [7, 11) is 0. The maximum absolute atomic E-state index is 13.1. The molecule has 8 heteroatoms. The van der Waals surface area contributed by atoms with E-state index in [9.17, 15) is 4.79 Å². The molecule has 1 aliphatic heterocycles. The van der Waals surface area contributed by atoms with E-state index in [1.807, 2.05) is 19.1 Å². The van der Waals surface area contributed by atoms with Crippen molar-refractivity contribution in [3.63, 3.8) is 0 Å². The van der Waals surface area contributed by atoms with E-state index in [4.69, 9.17) is 4.98 Å². The van der Waals surface area contributed by atoms with Crippen LogP contribution in [0.4, 0.5) is 5.69 Å². The number of hydrogen-bond donors (Lipinski definition) is 1. The summed E-state index contributed by atoms with van der Waals surface area (Å²) in [6.07, 6.45) is 10.9. The Labute approximate surface area is 210 Å². The van der Waals surface area contributed by atoms with Gasteiger partial charge < -0.3 is 9.88 Å². The van der Waals surface area contributed by atoms with Crippen molar-refractivity contribution >= 4 is 22.8 Å². The number of nitrogens with zero attached hydrogens (tertiary/aromatic N) is 6. The van der Waals surface area contributed by atoms with Crippen molar-refractivity contribution in [1.29, 1.82) is 0 Å². The number of carbonyl (C=O) groups excluding carboxylic acids is 1. The first-order valence-electron chi connectivity index (χ1n) is 12.8. The van der Waals surface area contributed by atoms with Crippen molar-refractivity contribution in [1.82, 2.24) is 29.5 Å². The standard InChI is InChI=1S/C28H31N7O/c1-5-35-24(19-14-29-17(2)30-15-19)34-23-22(31-16-32-25(23)35)18-7-8-21-20(13-18)28(4,26(36)33-21)12-11-27(3)9-6-10-27/h7-8,13-16H,5-6,9-12H2,1-4H3,(H,33,36). The van der Waals surface area contributed by atoms with Gasteiger partial charge >= 0.3 is 0 Å². The normalized spacial score (nSPS) is 20.3. The summed E-state index contributed by atoms with van der Waals surface area (Å²) in [5, 5.41) is 3.12. The Bertz CT molecular complexity index is 1490. The maximum Gasteiger partial charge on any atom is 0.234 e. The minimum Gasteiger partial charge on any atom is -0.325 e. The van der Waals surface area contributed by atoms with E-state index in [0.717, 1.165) is 57.9 Å². The first kappa shape index (κ1) is 22.8. The molecule has 1 fully saturated rings. The minimum atomic E-state index is -0.552. The molecular weight excluding hydrogens is 450 g/mol. The molecule has 1 N–H and O–H groups in total. The lowest BCUT2D eigenvalue weighted by molar-refractivity contribution is -0.120. The summed E-state index contributed by atoms with van der Waals surface area (Å²) in [5.41, 5.74) is 5.79. The number of benzene rings is 1. The zero-order valence-corrected chi connectivity index (χ0v) is 21.3. The number of rotatable bonds is 6. The number of anilines is 1. The Hall–Kier alpha value is -3.68. The third-order valence-electron chi connectivity index (χ3n) is 8.31. The summed E-state index contributed by atoms with van der Waals surface area (Å²) < 4.78 is 2.07. The summed E-state index contributed by atoms with van der Waals surface area (Å²) in [4.78, 5) is 36.0. The van der Waals surface area contributed by atoms with Crippen molar-refractivity contribution in [3.8, 4) is 22.6 Å². The van der Waals surface area contributed by atoms with Gasteiger partial charge in [0.1, 0.15) is 29.2 Å². The first-order valence-corrected chi connectivity index (χ1v) is 12.8. The predicted molar refractivity (Wildman–Crippen MR) is 139 cm³/mol.